The highest BCUT2D eigenvalue weighted by Crippen LogP contribution is 2.19. The van der Waals surface area contributed by atoms with Gasteiger partial charge in [-0.3, -0.25) is 5.10 Å². The Morgan fingerprint density at radius 2 is 2.21 bits per heavy atom. The van der Waals surface area contributed by atoms with Crippen LogP contribution in [0.25, 0.3) is 0 Å². The van der Waals surface area contributed by atoms with Crippen LogP contribution in [0.5, 0.6) is 0 Å². The Hall–Kier alpha value is -1.82. The molecule has 2 N–H and O–H groups in total. The van der Waals surface area contributed by atoms with Crippen molar-refractivity contribution in [3.05, 3.63) is 47.5 Å². The standard InChI is InChI=1S/C13H16F2N4/c1-2-6-16-11(13-17-8-18-19-13)7-9-4-3-5-10(14)12(9)15/h3-5,8,11,16H,2,6-7H2,1H3,(H,17,18,19). The number of H-pyrrole nitrogens is 1. The van der Waals surface area contributed by atoms with E-state index in [0.29, 0.717) is 17.8 Å². The molecule has 0 fully saturated rings. The fourth-order valence-electron chi connectivity index (χ4n) is 1.89. The zero-order chi connectivity index (χ0) is 13.7. The average Bonchev–Trinajstić information content (AvgIpc) is 2.93. The van der Waals surface area contributed by atoms with E-state index >= 15 is 0 Å². The van der Waals surface area contributed by atoms with Crippen molar-refractivity contribution in [2.75, 3.05) is 6.54 Å². The monoisotopic (exact) mass is 266 g/mol. The van der Waals surface area contributed by atoms with E-state index in [-0.39, 0.29) is 6.04 Å². The Labute approximate surface area is 110 Å². The van der Waals surface area contributed by atoms with Gasteiger partial charge < -0.3 is 5.32 Å². The molecule has 0 aliphatic heterocycles. The number of nitrogens with zero attached hydrogens (tertiary/aromatic N) is 2. The van der Waals surface area contributed by atoms with Gasteiger partial charge in [-0.25, -0.2) is 13.8 Å². The Kier molecular flexibility index (Phi) is 4.57. The summed E-state index contributed by atoms with van der Waals surface area (Å²) in [5, 5.41) is 9.79. The Bertz CT molecular complexity index is 513. The molecule has 4 nitrogen and oxygen atoms in total. The molecule has 1 heterocycles. The predicted octanol–water partition coefficient (Wildman–Crippen LogP) is 2.37. The maximum Gasteiger partial charge on any atom is 0.162 e. The molecule has 0 aliphatic carbocycles. The van der Waals surface area contributed by atoms with Gasteiger partial charge in [0, 0.05) is 0 Å². The molecule has 0 saturated carbocycles. The van der Waals surface area contributed by atoms with E-state index in [2.05, 4.69) is 20.5 Å². The third-order valence-corrected chi connectivity index (χ3v) is 2.86. The molecule has 2 rings (SSSR count). The summed E-state index contributed by atoms with van der Waals surface area (Å²) < 4.78 is 26.9. The fraction of sp³-hybridized carbons (Fsp3) is 0.385. The average molecular weight is 266 g/mol. The van der Waals surface area contributed by atoms with Gasteiger partial charge in [-0.2, -0.15) is 5.10 Å². The first-order valence-corrected chi connectivity index (χ1v) is 6.24. The lowest BCUT2D eigenvalue weighted by molar-refractivity contribution is 0.468. The van der Waals surface area contributed by atoms with E-state index in [1.807, 2.05) is 6.92 Å². The SMILES string of the molecule is CCCNC(Cc1cccc(F)c1F)c1ncn[nH]1. The summed E-state index contributed by atoms with van der Waals surface area (Å²) in [6.07, 6.45) is 2.66. The molecule has 0 amide bonds. The maximum atomic E-state index is 13.7. The first kappa shape index (κ1) is 13.6. The largest absolute Gasteiger partial charge is 0.307 e. The number of hydrogen-bond acceptors (Lipinski definition) is 3. The van der Waals surface area contributed by atoms with Gasteiger partial charge in [-0.1, -0.05) is 19.1 Å². The smallest absolute Gasteiger partial charge is 0.162 e. The topological polar surface area (TPSA) is 53.6 Å². The first-order chi connectivity index (χ1) is 9.22. The van der Waals surface area contributed by atoms with E-state index < -0.39 is 11.6 Å². The summed E-state index contributed by atoms with van der Waals surface area (Å²) in [5.74, 6) is -1.01. The summed E-state index contributed by atoms with van der Waals surface area (Å²) in [5.41, 5.74) is 0.324. The predicted molar refractivity (Wildman–Crippen MR) is 67.5 cm³/mol. The van der Waals surface area contributed by atoms with Crippen molar-refractivity contribution in [3.63, 3.8) is 0 Å². The van der Waals surface area contributed by atoms with Crippen molar-refractivity contribution in [2.24, 2.45) is 0 Å². The van der Waals surface area contributed by atoms with Crippen LogP contribution in [0.3, 0.4) is 0 Å². The number of benzene rings is 1. The van der Waals surface area contributed by atoms with Gasteiger partial charge in [0.2, 0.25) is 0 Å². The van der Waals surface area contributed by atoms with E-state index in [9.17, 15) is 8.78 Å². The Morgan fingerprint density at radius 3 is 2.89 bits per heavy atom. The van der Waals surface area contributed by atoms with Crippen LogP contribution >= 0.6 is 0 Å². The first-order valence-electron chi connectivity index (χ1n) is 6.24. The molecule has 0 saturated heterocycles. The quantitative estimate of drug-likeness (QED) is 0.844. The van der Waals surface area contributed by atoms with Gasteiger partial charge in [-0.05, 0) is 31.0 Å². The van der Waals surface area contributed by atoms with Crippen LogP contribution in [0.4, 0.5) is 8.78 Å². The van der Waals surface area contributed by atoms with E-state index in [0.717, 1.165) is 19.0 Å². The van der Waals surface area contributed by atoms with Crippen molar-refractivity contribution < 1.29 is 8.78 Å². The van der Waals surface area contributed by atoms with E-state index in [1.54, 1.807) is 6.07 Å². The van der Waals surface area contributed by atoms with Crippen molar-refractivity contribution in [3.8, 4) is 0 Å². The van der Waals surface area contributed by atoms with Gasteiger partial charge in [0.25, 0.3) is 0 Å². The molecule has 0 bridgehead atoms. The second kappa shape index (κ2) is 6.38. The molecule has 1 unspecified atom stereocenters. The number of halogens is 2. The fourth-order valence-corrected chi connectivity index (χ4v) is 1.89. The molecule has 1 atom stereocenters. The zero-order valence-corrected chi connectivity index (χ0v) is 10.7. The van der Waals surface area contributed by atoms with Crippen LogP contribution in [-0.2, 0) is 6.42 Å². The second-order valence-corrected chi connectivity index (χ2v) is 4.29. The lowest BCUT2D eigenvalue weighted by Crippen LogP contribution is -2.25. The molecular formula is C13H16F2N4. The maximum absolute atomic E-state index is 13.7. The highest BCUT2D eigenvalue weighted by Gasteiger charge is 2.17. The molecule has 1 aromatic carbocycles. The highest BCUT2D eigenvalue weighted by molar-refractivity contribution is 5.21. The summed E-state index contributed by atoms with van der Waals surface area (Å²) in [6.45, 7) is 2.80. The molecule has 19 heavy (non-hydrogen) atoms. The summed E-state index contributed by atoms with van der Waals surface area (Å²) in [4.78, 5) is 4.07. The Morgan fingerprint density at radius 1 is 1.37 bits per heavy atom. The van der Waals surface area contributed by atoms with Crippen molar-refractivity contribution >= 4 is 0 Å². The van der Waals surface area contributed by atoms with Crippen molar-refractivity contribution in [1.29, 1.82) is 0 Å². The van der Waals surface area contributed by atoms with Crippen LogP contribution in [0.15, 0.2) is 24.5 Å². The van der Waals surface area contributed by atoms with Crippen molar-refractivity contribution in [1.82, 2.24) is 20.5 Å². The number of rotatable bonds is 6. The van der Waals surface area contributed by atoms with Crippen molar-refractivity contribution in [2.45, 2.75) is 25.8 Å². The van der Waals surface area contributed by atoms with Gasteiger partial charge in [0.05, 0.1) is 6.04 Å². The highest BCUT2D eigenvalue weighted by atomic mass is 19.2. The third-order valence-electron chi connectivity index (χ3n) is 2.86. The number of aromatic amines is 1. The van der Waals surface area contributed by atoms with Crippen LogP contribution in [0.1, 0.15) is 30.8 Å². The molecule has 1 aromatic heterocycles. The lowest BCUT2D eigenvalue weighted by atomic mass is 10.0. The summed E-state index contributed by atoms with van der Waals surface area (Å²) in [6, 6.07) is 3.99. The summed E-state index contributed by atoms with van der Waals surface area (Å²) in [7, 11) is 0. The molecular weight excluding hydrogens is 250 g/mol. The molecule has 102 valence electrons. The number of hydrogen-bond donors (Lipinski definition) is 2. The normalized spacial score (nSPS) is 12.6. The zero-order valence-electron chi connectivity index (χ0n) is 10.7. The van der Waals surface area contributed by atoms with Crippen LogP contribution in [0, 0.1) is 11.6 Å². The summed E-state index contributed by atoms with van der Waals surface area (Å²) >= 11 is 0. The van der Waals surface area contributed by atoms with Gasteiger partial charge >= 0.3 is 0 Å². The molecule has 0 radical (unpaired) electrons. The van der Waals surface area contributed by atoms with Crippen LogP contribution < -0.4 is 5.32 Å². The lowest BCUT2D eigenvalue weighted by Gasteiger charge is -2.16. The second-order valence-electron chi connectivity index (χ2n) is 4.29. The molecule has 6 heteroatoms. The van der Waals surface area contributed by atoms with E-state index in [4.69, 9.17) is 0 Å². The Balaban J connectivity index is 2.18. The minimum Gasteiger partial charge on any atom is -0.307 e. The van der Waals surface area contributed by atoms with Gasteiger partial charge in [0.1, 0.15) is 12.2 Å². The minimum absolute atomic E-state index is 0.209. The van der Waals surface area contributed by atoms with Gasteiger partial charge in [-0.15, -0.1) is 0 Å². The molecule has 2 aromatic rings. The molecule has 0 aliphatic rings. The van der Waals surface area contributed by atoms with Crippen LogP contribution in [-0.4, -0.2) is 21.7 Å². The van der Waals surface area contributed by atoms with Gasteiger partial charge in [0.15, 0.2) is 11.6 Å². The number of nitrogens with one attached hydrogen (secondary N) is 2. The molecule has 0 spiro atoms. The number of aromatic nitrogens is 3. The third kappa shape index (κ3) is 3.35. The van der Waals surface area contributed by atoms with E-state index in [1.165, 1.54) is 12.4 Å². The minimum atomic E-state index is -0.829. The van der Waals surface area contributed by atoms with Crippen LogP contribution in [0.2, 0.25) is 0 Å².